The number of azide groups is 2. The summed E-state index contributed by atoms with van der Waals surface area (Å²) in [5.41, 5.74) is 24.4. The largest absolute Gasteiger partial charge is 0.494 e. The normalized spacial score (nSPS) is 11.3. The average molecular weight is 1390 g/mol. The summed E-state index contributed by atoms with van der Waals surface area (Å²) in [5.74, 6) is 7.23. The van der Waals surface area contributed by atoms with E-state index in [2.05, 4.69) is 113 Å². The number of allylic oxidation sites excluding steroid dienone is 3. The number of para-hydroxylation sites is 2. The summed E-state index contributed by atoms with van der Waals surface area (Å²) in [6, 6.07) is 57.9. The van der Waals surface area contributed by atoms with Crippen LogP contribution in [0.1, 0.15) is 112 Å². The first kappa shape index (κ1) is 81.2. The Hall–Kier alpha value is -12.5. The highest BCUT2D eigenvalue weighted by Gasteiger charge is 2.19. The van der Waals surface area contributed by atoms with Gasteiger partial charge in [-0.05, 0) is 248 Å². The third kappa shape index (κ3) is 30.7. The Labute approximate surface area is 604 Å². The third-order valence-corrected chi connectivity index (χ3v) is 14.9. The highest BCUT2D eigenvalue weighted by molar-refractivity contribution is 6.09. The van der Waals surface area contributed by atoms with Crippen molar-refractivity contribution in [3.63, 3.8) is 0 Å². The molecule has 103 heavy (non-hydrogen) atoms. The van der Waals surface area contributed by atoms with Crippen LogP contribution in [0.15, 0.2) is 241 Å². The molecular weight excluding hydrogens is 1300 g/mol. The minimum Gasteiger partial charge on any atom is -0.494 e. The molecule has 9 aromatic rings. The summed E-state index contributed by atoms with van der Waals surface area (Å²) < 4.78 is 26.3. The van der Waals surface area contributed by atoms with Crippen molar-refractivity contribution in [3.05, 3.63) is 268 Å². The fourth-order valence-corrected chi connectivity index (χ4v) is 9.65. The Balaban J connectivity index is 0.000000242. The monoisotopic (exact) mass is 1390 g/mol. The lowest BCUT2D eigenvalue weighted by molar-refractivity contribution is -0.119. The minimum atomic E-state index is -0.357. The standard InChI is InChI=1S/C24H15NO2.C21H21NO.C18H24N6O2.C14H20N6O2.C3H6O.CH4/c1-3-23(26)18-10-14-21(15-11-18)25(20-8-6-5-7-9-20)22-16-12-19(13-17-22)24(27)4-2;1-16-8-12-20(13-9-16)22(19-6-4-3-5-7-19)21-14-10-18(11-15-21)17(2)23;1(11-23-13-9-19-21-23)3-15-25-17-5-7-18(8-6-17)26-16-4-2-12-24-14-10-20-22-24;15-19-17-9-1-3-11-21-13-5-7-14(8-6-13)22-12-4-2-10-18-20-16;1-3(2)4;/h1-2,5-17H;3-10,12-15,18H,11H2,1-2H3;5-10,13-14H,1-4,11-12,15-16H2;5-8H,1-4,9-12H2;1-2H3;1H4. The topological polar surface area (TPSA) is 271 Å². The molecule has 0 bridgehead atoms. The van der Waals surface area contributed by atoms with Crippen LogP contribution >= 0.6 is 0 Å². The zero-order valence-corrected chi connectivity index (χ0v) is 58.1. The molecule has 0 aliphatic heterocycles. The molecule has 1 aliphatic rings. The highest BCUT2D eigenvalue weighted by atomic mass is 16.5. The van der Waals surface area contributed by atoms with Gasteiger partial charge in [0.15, 0.2) is 0 Å². The van der Waals surface area contributed by atoms with Crippen molar-refractivity contribution in [2.75, 3.05) is 49.3 Å². The Morgan fingerprint density at radius 1 is 0.505 bits per heavy atom. The Morgan fingerprint density at radius 2 is 0.854 bits per heavy atom. The molecule has 532 valence electrons. The van der Waals surface area contributed by atoms with Crippen molar-refractivity contribution in [1.29, 1.82) is 0 Å². The molecule has 22 nitrogen and oxygen atoms in total. The van der Waals surface area contributed by atoms with Gasteiger partial charge in [0.25, 0.3) is 0 Å². The second kappa shape index (κ2) is 47.5. The van der Waals surface area contributed by atoms with Crippen molar-refractivity contribution >= 4 is 51.6 Å². The fourth-order valence-electron chi connectivity index (χ4n) is 9.65. The molecular formula is C81H90N14O8. The first-order valence-electron chi connectivity index (χ1n) is 33.5. The van der Waals surface area contributed by atoms with Crippen molar-refractivity contribution in [1.82, 2.24) is 30.0 Å². The molecule has 0 saturated carbocycles. The molecule has 0 N–H and O–H groups in total. The first-order valence-corrected chi connectivity index (χ1v) is 33.5. The number of rotatable bonds is 33. The van der Waals surface area contributed by atoms with Gasteiger partial charge in [-0.15, -0.1) is 23.0 Å². The van der Waals surface area contributed by atoms with Gasteiger partial charge in [0, 0.05) is 99.6 Å². The van der Waals surface area contributed by atoms with E-state index in [1.54, 1.807) is 43.6 Å². The molecule has 22 heteroatoms. The van der Waals surface area contributed by atoms with Crippen LogP contribution in [0, 0.1) is 37.5 Å². The second-order valence-corrected chi connectivity index (χ2v) is 23.0. The molecule has 0 spiro atoms. The lowest BCUT2D eigenvalue weighted by atomic mass is 9.95. The molecule has 2 aromatic heterocycles. The van der Waals surface area contributed by atoms with Gasteiger partial charge in [-0.3, -0.25) is 23.7 Å². The predicted octanol–water partition coefficient (Wildman–Crippen LogP) is 18.4. The lowest BCUT2D eigenvalue weighted by Gasteiger charge is -2.28. The first-order chi connectivity index (χ1) is 49.8. The number of aromatic nitrogens is 6. The number of nitrogens with zero attached hydrogens (tertiary/aromatic N) is 14. The highest BCUT2D eigenvalue weighted by Crippen LogP contribution is 2.36. The molecule has 2 heterocycles. The maximum Gasteiger partial charge on any atom is 0.235 e. The van der Waals surface area contributed by atoms with Gasteiger partial charge in [-0.2, -0.15) is 0 Å². The Bertz CT molecular complexity index is 4000. The average Bonchev–Trinajstić information content (AvgIpc) is 1.58. The van der Waals surface area contributed by atoms with Gasteiger partial charge >= 0.3 is 0 Å². The Kier molecular flexibility index (Phi) is 37.4. The summed E-state index contributed by atoms with van der Waals surface area (Å²) in [6.45, 7) is 12.1. The summed E-state index contributed by atoms with van der Waals surface area (Å²) in [4.78, 5) is 54.0. The SMILES string of the molecule is C.C#CC(=O)c1ccc(N(c2ccccc2)c2ccc(C(=O)C#C)cc2)cc1.CC(=O)C1C=CC(N(c2ccccc2)c2ccc(C)cc2)=CC1.CC(C)=O.[N-]=[N+]=NCCCCOc1ccc(OCCCCN=[N+]=[N-])cc1.c1cn(CCCCOc2ccc(OCCCCn3ccnn3)cc2)nn1. The minimum absolute atomic E-state index is 0. The number of hydrogen-bond donors (Lipinski definition) is 0. The third-order valence-electron chi connectivity index (χ3n) is 14.9. The van der Waals surface area contributed by atoms with E-state index >= 15 is 0 Å². The van der Waals surface area contributed by atoms with Gasteiger partial charge in [-0.1, -0.05) is 94.3 Å². The lowest BCUT2D eigenvalue weighted by Crippen LogP contribution is -2.19. The smallest absolute Gasteiger partial charge is 0.235 e. The van der Waals surface area contributed by atoms with Crippen LogP contribution < -0.4 is 28.7 Å². The number of unbranched alkanes of at least 4 members (excludes halogenated alkanes) is 4. The van der Waals surface area contributed by atoms with E-state index in [4.69, 9.17) is 42.9 Å². The van der Waals surface area contributed by atoms with Gasteiger partial charge in [0.05, 0.1) is 38.8 Å². The summed E-state index contributed by atoms with van der Waals surface area (Å²) in [5, 5.41) is 22.4. The number of carbonyl (C=O) groups is 4. The maximum absolute atomic E-state index is 11.7. The zero-order chi connectivity index (χ0) is 72.8. The Morgan fingerprint density at radius 3 is 1.18 bits per heavy atom. The number of benzene rings is 7. The maximum atomic E-state index is 11.7. The number of aryl methyl sites for hydroxylation is 3. The summed E-state index contributed by atoms with van der Waals surface area (Å²) in [6.07, 6.45) is 31.8. The molecule has 0 fully saturated rings. The van der Waals surface area contributed by atoms with Crippen molar-refractivity contribution in [2.24, 2.45) is 16.1 Å². The van der Waals surface area contributed by atoms with Crippen molar-refractivity contribution < 1.29 is 38.1 Å². The molecule has 1 unspecified atom stereocenters. The van der Waals surface area contributed by atoms with Crippen LogP contribution in [0.5, 0.6) is 23.0 Å². The number of ketones is 4. The van der Waals surface area contributed by atoms with Crippen LogP contribution in [-0.2, 0) is 22.7 Å². The molecule has 1 atom stereocenters. The number of carbonyl (C=O) groups excluding carboxylic acids is 4. The van der Waals surface area contributed by atoms with Crippen LogP contribution in [0.4, 0.5) is 28.4 Å². The predicted molar refractivity (Wildman–Crippen MR) is 406 cm³/mol. The molecule has 0 saturated heterocycles. The van der Waals surface area contributed by atoms with Gasteiger partial charge in [0.1, 0.15) is 34.6 Å². The van der Waals surface area contributed by atoms with Crippen molar-refractivity contribution in [3.8, 4) is 47.7 Å². The van der Waals surface area contributed by atoms with E-state index in [1.807, 2.05) is 154 Å². The van der Waals surface area contributed by atoms with Crippen molar-refractivity contribution in [2.45, 2.75) is 106 Å². The molecule has 10 rings (SSSR count). The van der Waals surface area contributed by atoms with Crippen LogP contribution in [0.3, 0.4) is 0 Å². The number of hydrogen-bond acceptors (Lipinski definition) is 16. The van der Waals surface area contributed by atoms with Crippen LogP contribution in [0.25, 0.3) is 20.9 Å². The van der Waals surface area contributed by atoms with E-state index < -0.39 is 0 Å². The number of ether oxygens (including phenoxy) is 4. The summed E-state index contributed by atoms with van der Waals surface area (Å²) >= 11 is 0. The molecule has 7 aromatic carbocycles. The molecule has 0 amide bonds. The van der Waals surface area contributed by atoms with E-state index in [-0.39, 0.29) is 36.5 Å². The summed E-state index contributed by atoms with van der Waals surface area (Å²) in [7, 11) is 0. The number of Topliss-reactive ketones (excluding diaryl/α,β-unsaturated/α-hetero) is 4. The second-order valence-electron chi connectivity index (χ2n) is 23.0. The van der Waals surface area contributed by atoms with Gasteiger partial charge in [-0.25, -0.2) is 0 Å². The molecule has 1 aliphatic carbocycles. The molecule has 0 radical (unpaired) electrons. The van der Waals surface area contributed by atoms with E-state index in [0.29, 0.717) is 50.6 Å². The zero-order valence-electron chi connectivity index (χ0n) is 58.1. The van der Waals surface area contributed by atoms with E-state index in [0.717, 1.165) is 128 Å². The van der Waals surface area contributed by atoms with E-state index in [9.17, 15) is 19.2 Å². The van der Waals surface area contributed by atoms with Crippen LogP contribution in [0.2, 0.25) is 0 Å². The number of anilines is 5. The van der Waals surface area contributed by atoms with Gasteiger partial charge < -0.3 is 33.5 Å². The number of terminal acetylenes is 2. The van der Waals surface area contributed by atoms with Gasteiger partial charge in [0.2, 0.25) is 11.6 Å². The fraction of sp³-hybridized carbons (Fsp3) is 0.284. The quantitative estimate of drug-likeness (QED) is 0.00704. The van der Waals surface area contributed by atoms with E-state index in [1.165, 1.54) is 19.4 Å². The van der Waals surface area contributed by atoms with Crippen LogP contribution in [-0.4, -0.2) is 92.6 Å².